The Morgan fingerprint density at radius 3 is 2.85 bits per heavy atom. The van der Waals surface area contributed by atoms with E-state index in [1.54, 1.807) is 6.07 Å². The van der Waals surface area contributed by atoms with Gasteiger partial charge in [-0.25, -0.2) is 4.98 Å². The largest absolute Gasteiger partial charge is 0.411 e. The van der Waals surface area contributed by atoms with E-state index < -0.39 is 0 Å². The van der Waals surface area contributed by atoms with Crippen molar-refractivity contribution in [2.75, 3.05) is 0 Å². The number of H-pyrrole nitrogens is 1. The Labute approximate surface area is 161 Å². The van der Waals surface area contributed by atoms with Crippen molar-refractivity contribution in [3.8, 4) is 11.5 Å². The Hall–Kier alpha value is -2.45. The topological polar surface area (TPSA) is 84.7 Å². The summed E-state index contributed by atoms with van der Waals surface area (Å²) in [4.78, 5) is 19.6. The number of benzene rings is 2. The lowest BCUT2D eigenvalue weighted by molar-refractivity contribution is 0.465. The van der Waals surface area contributed by atoms with E-state index in [1.165, 1.54) is 11.8 Å². The van der Waals surface area contributed by atoms with Gasteiger partial charge in [0.05, 0.1) is 16.2 Å². The van der Waals surface area contributed by atoms with Gasteiger partial charge in [0, 0.05) is 10.0 Å². The fourth-order valence-electron chi connectivity index (χ4n) is 2.50. The number of nitrogens with one attached hydrogen (secondary N) is 1. The van der Waals surface area contributed by atoms with Crippen LogP contribution in [-0.4, -0.2) is 20.2 Å². The van der Waals surface area contributed by atoms with E-state index in [4.69, 9.17) is 4.42 Å². The SMILES string of the molecule is CC(Sc1nnc(-c2cccc(Br)c2)o1)c1nc2ccccc2c(=O)[nH]1. The molecule has 1 atom stereocenters. The molecule has 0 amide bonds. The standard InChI is InChI=1S/C18H13BrN4O2S/c1-10(15-20-14-8-3-2-7-13(14)16(24)21-15)26-18-23-22-17(25-18)11-5-4-6-12(19)9-11/h2-10H,1H3,(H,20,21,24). The highest BCUT2D eigenvalue weighted by Crippen LogP contribution is 2.34. The van der Waals surface area contributed by atoms with Crippen LogP contribution < -0.4 is 5.56 Å². The van der Waals surface area contributed by atoms with E-state index in [9.17, 15) is 4.79 Å². The van der Waals surface area contributed by atoms with Crippen LogP contribution >= 0.6 is 27.7 Å². The molecule has 0 aliphatic heterocycles. The highest BCUT2D eigenvalue weighted by atomic mass is 79.9. The number of para-hydroxylation sites is 1. The molecule has 0 spiro atoms. The second-order valence-electron chi connectivity index (χ2n) is 5.61. The van der Waals surface area contributed by atoms with Gasteiger partial charge in [-0.3, -0.25) is 4.79 Å². The molecule has 0 saturated heterocycles. The Kier molecular flexibility index (Phi) is 4.60. The lowest BCUT2D eigenvalue weighted by Crippen LogP contribution is -2.12. The Bertz CT molecular complexity index is 1140. The number of aromatic nitrogens is 4. The van der Waals surface area contributed by atoms with Crippen molar-refractivity contribution in [1.82, 2.24) is 20.2 Å². The molecule has 6 nitrogen and oxygen atoms in total. The van der Waals surface area contributed by atoms with Gasteiger partial charge in [-0.15, -0.1) is 10.2 Å². The van der Waals surface area contributed by atoms with Gasteiger partial charge in [0.1, 0.15) is 5.82 Å². The summed E-state index contributed by atoms with van der Waals surface area (Å²) in [6.07, 6.45) is 0. The maximum Gasteiger partial charge on any atom is 0.277 e. The van der Waals surface area contributed by atoms with Crippen LogP contribution in [0.2, 0.25) is 0 Å². The van der Waals surface area contributed by atoms with Crippen LogP contribution in [0.1, 0.15) is 18.0 Å². The molecule has 0 bridgehead atoms. The van der Waals surface area contributed by atoms with Crippen LogP contribution in [0.4, 0.5) is 0 Å². The zero-order chi connectivity index (χ0) is 18.1. The number of hydrogen-bond acceptors (Lipinski definition) is 6. The Morgan fingerprint density at radius 2 is 2.00 bits per heavy atom. The molecule has 1 unspecified atom stereocenters. The first-order chi connectivity index (χ1) is 12.6. The summed E-state index contributed by atoms with van der Waals surface area (Å²) in [7, 11) is 0. The summed E-state index contributed by atoms with van der Waals surface area (Å²) < 4.78 is 6.67. The average Bonchev–Trinajstić information content (AvgIpc) is 3.10. The monoisotopic (exact) mass is 428 g/mol. The lowest BCUT2D eigenvalue weighted by Gasteiger charge is -2.08. The molecule has 2 aromatic carbocycles. The van der Waals surface area contributed by atoms with Crippen molar-refractivity contribution in [3.05, 3.63) is 69.2 Å². The van der Waals surface area contributed by atoms with Crippen molar-refractivity contribution >= 4 is 38.6 Å². The molecule has 0 fully saturated rings. The first kappa shape index (κ1) is 17.0. The summed E-state index contributed by atoms with van der Waals surface area (Å²) in [6, 6.07) is 14.9. The molecule has 0 aliphatic rings. The van der Waals surface area contributed by atoms with Crippen molar-refractivity contribution in [2.45, 2.75) is 17.4 Å². The first-order valence-electron chi connectivity index (χ1n) is 7.85. The van der Waals surface area contributed by atoms with Crippen LogP contribution in [0.25, 0.3) is 22.4 Å². The van der Waals surface area contributed by atoms with Crippen LogP contribution in [-0.2, 0) is 0 Å². The van der Waals surface area contributed by atoms with Gasteiger partial charge >= 0.3 is 0 Å². The van der Waals surface area contributed by atoms with Gasteiger partial charge < -0.3 is 9.40 Å². The van der Waals surface area contributed by atoms with Crippen LogP contribution in [0.5, 0.6) is 0 Å². The van der Waals surface area contributed by atoms with E-state index >= 15 is 0 Å². The number of fused-ring (bicyclic) bond motifs is 1. The molecule has 8 heteroatoms. The molecule has 2 aromatic heterocycles. The zero-order valence-electron chi connectivity index (χ0n) is 13.6. The molecule has 26 heavy (non-hydrogen) atoms. The summed E-state index contributed by atoms with van der Waals surface area (Å²) in [5, 5.41) is 9.02. The zero-order valence-corrected chi connectivity index (χ0v) is 16.0. The van der Waals surface area contributed by atoms with Crippen molar-refractivity contribution in [2.24, 2.45) is 0 Å². The van der Waals surface area contributed by atoms with Crippen LogP contribution in [0.3, 0.4) is 0 Å². The maximum absolute atomic E-state index is 12.2. The fourth-order valence-corrected chi connectivity index (χ4v) is 3.64. The number of hydrogen-bond donors (Lipinski definition) is 1. The minimum Gasteiger partial charge on any atom is -0.411 e. The molecule has 4 aromatic rings. The average molecular weight is 429 g/mol. The van der Waals surface area contributed by atoms with Crippen molar-refractivity contribution < 1.29 is 4.42 Å². The molecule has 4 rings (SSSR count). The summed E-state index contributed by atoms with van der Waals surface area (Å²) >= 11 is 4.78. The molecule has 0 radical (unpaired) electrons. The third-order valence-corrected chi connectivity index (χ3v) is 5.21. The van der Waals surface area contributed by atoms with Crippen LogP contribution in [0, 0.1) is 0 Å². The Balaban J connectivity index is 1.59. The summed E-state index contributed by atoms with van der Waals surface area (Å²) in [5.41, 5.74) is 1.35. The van der Waals surface area contributed by atoms with Crippen molar-refractivity contribution in [1.29, 1.82) is 0 Å². The molecule has 2 heterocycles. The Morgan fingerprint density at radius 1 is 1.15 bits per heavy atom. The predicted octanol–water partition coefficient (Wildman–Crippen LogP) is 4.59. The van der Waals surface area contributed by atoms with E-state index in [0.29, 0.717) is 27.8 Å². The normalized spacial score (nSPS) is 12.4. The number of rotatable bonds is 4. The van der Waals surface area contributed by atoms with Gasteiger partial charge in [0.2, 0.25) is 5.89 Å². The summed E-state index contributed by atoms with van der Waals surface area (Å²) in [5.74, 6) is 1.02. The summed E-state index contributed by atoms with van der Waals surface area (Å²) in [6.45, 7) is 1.93. The van der Waals surface area contributed by atoms with Gasteiger partial charge in [-0.05, 0) is 37.3 Å². The van der Waals surface area contributed by atoms with E-state index in [0.717, 1.165) is 10.0 Å². The third kappa shape index (κ3) is 3.42. The first-order valence-corrected chi connectivity index (χ1v) is 9.52. The highest BCUT2D eigenvalue weighted by Gasteiger charge is 2.17. The number of aromatic amines is 1. The number of thioether (sulfide) groups is 1. The van der Waals surface area contributed by atoms with E-state index in [1.807, 2.05) is 49.4 Å². The van der Waals surface area contributed by atoms with Gasteiger partial charge in [-0.1, -0.05) is 45.9 Å². The van der Waals surface area contributed by atoms with E-state index in [2.05, 4.69) is 36.1 Å². The molecule has 0 aliphatic carbocycles. The second-order valence-corrected chi connectivity index (χ2v) is 7.82. The molecular formula is C18H13BrN4O2S. The van der Waals surface area contributed by atoms with Gasteiger partial charge in [0.15, 0.2) is 0 Å². The number of nitrogens with zero attached hydrogens (tertiary/aromatic N) is 3. The van der Waals surface area contributed by atoms with Gasteiger partial charge in [-0.2, -0.15) is 0 Å². The maximum atomic E-state index is 12.2. The fraction of sp³-hybridized carbons (Fsp3) is 0.111. The second kappa shape index (κ2) is 7.05. The number of halogens is 1. The highest BCUT2D eigenvalue weighted by molar-refractivity contribution is 9.10. The predicted molar refractivity (Wildman–Crippen MR) is 104 cm³/mol. The third-order valence-electron chi connectivity index (χ3n) is 3.77. The van der Waals surface area contributed by atoms with E-state index in [-0.39, 0.29) is 10.8 Å². The quantitative estimate of drug-likeness (QED) is 0.478. The van der Waals surface area contributed by atoms with Crippen LogP contribution in [0.15, 0.2) is 67.4 Å². The van der Waals surface area contributed by atoms with Gasteiger partial charge in [0.25, 0.3) is 10.8 Å². The lowest BCUT2D eigenvalue weighted by atomic mass is 10.2. The minimum atomic E-state index is -0.154. The minimum absolute atomic E-state index is 0.150. The molecule has 130 valence electrons. The molecule has 1 N–H and O–H groups in total. The molecule has 0 saturated carbocycles. The molecular weight excluding hydrogens is 416 g/mol. The smallest absolute Gasteiger partial charge is 0.277 e. The van der Waals surface area contributed by atoms with Crippen molar-refractivity contribution in [3.63, 3.8) is 0 Å².